The molecule has 0 unspecified atom stereocenters. The highest BCUT2D eigenvalue weighted by atomic mass is 16.3. The zero-order chi connectivity index (χ0) is 13.5. The van der Waals surface area contributed by atoms with Crippen molar-refractivity contribution in [1.82, 2.24) is 0 Å². The lowest BCUT2D eigenvalue weighted by atomic mass is 9.96. The molecule has 1 aromatic rings. The molecule has 0 aromatic heterocycles. The molecular weight excluding hydrogens is 232 g/mol. The highest BCUT2D eigenvalue weighted by Gasteiger charge is 2.19. The van der Waals surface area contributed by atoms with Crippen molar-refractivity contribution in [3.63, 3.8) is 0 Å². The van der Waals surface area contributed by atoms with Gasteiger partial charge < -0.3 is 16.6 Å². The molecule has 5 nitrogen and oxygen atoms in total. The van der Waals surface area contributed by atoms with E-state index in [4.69, 9.17) is 11.5 Å². The standard InChI is InChI=1S/C13H17N2O3/c14-6-2-1-3-12(15)13(18)11-7-10(17)5-4-9(11)8-16/h4-5,7,12,17H,1-3,6,14-15H2/t12-/m0/s1. The Labute approximate surface area is 106 Å². The van der Waals surface area contributed by atoms with Gasteiger partial charge in [-0.15, -0.1) is 0 Å². The minimum atomic E-state index is -0.689. The summed E-state index contributed by atoms with van der Waals surface area (Å²) in [5.74, 6) is -0.437. The molecule has 0 heterocycles. The molecule has 1 atom stereocenters. The van der Waals surface area contributed by atoms with Gasteiger partial charge in [0, 0.05) is 11.1 Å². The number of carbonyl (C=O) groups excluding carboxylic acids is 2. The lowest BCUT2D eigenvalue weighted by Crippen LogP contribution is -2.31. The topological polar surface area (TPSA) is 106 Å². The number of hydrogen-bond donors (Lipinski definition) is 3. The van der Waals surface area contributed by atoms with Crippen LogP contribution in [0.25, 0.3) is 0 Å². The molecule has 0 aliphatic heterocycles. The number of ketones is 1. The Kier molecular flexibility index (Phi) is 5.48. The van der Waals surface area contributed by atoms with Gasteiger partial charge in [-0.3, -0.25) is 9.59 Å². The molecule has 0 aliphatic rings. The number of Topliss-reactive ketones (excluding diaryl/α,β-unsaturated/α-hetero) is 1. The summed E-state index contributed by atoms with van der Waals surface area (Å²) in [5, 5.41) is 9.34. The molecule has 0 fully saturated rings. The van der Waals surface area contributed by atoms with Crippen LogP contribution in [0.1, 0.15) is 35.2 Å². The second-order valence-electron chi connectivity index (χ2n) is 4.09. The van der Waals surface area contributed by atoms with E-state index in [-0.39, 0.29) is 22.7 Å². The third kappa shape index (κ3) is 3.65. The Balaban J connectivity index is 2.82. The number of carbonyl (C=O) groups is 1. The lowest BCUT2D eigenvalue weighted by molar-refractivity contribution is 0.0955. The number of benzene rings is 1. The zero-order valence-corrected chi connectivity index (χ0v) is 10.1. The molecule has 0 amide bonds. The molecule has 0 aliphatic carbocycles. The van der Waals surface area contributed by atoms with Gasteiger partial charge >= 0.3 is 0 Å². The molecule has 1 radical (unpaired) electrons. The summed E-state index contributed by atoms with van der Waals surface area (Å²) in [6.07, 6.45) is 3.72. The second kappa shape index (κ2) is 6.88. The Bertz CT molecular complexity index is 432. The van der Waals surface area contributed by atoms with Crippen LogP contribution in [-0.2, 0) is 4.79 Å². The van der Waals surface area contributed by atoms with Crippen LogP contribution in [0.5, 0.6) is 5.75 Å². The molecule has 5 heteroatoms. The maximum absolute atomic E-state index is 12.0. The molecular formula is C13H17N2O3. The fourth-order valence-electron chi connectivity index (χ4n) is 1.66. The number of nitrogens with two attached hydrogens (primary N) is 2. The van der Waals surface area contributed by atoms with Crippen LogP contribution in [0.3, 0.4) is 0 Å². The molecule has 0 bridgehead atoms. The van der Waals surface area contributed by atoms with Crippen molar-refractivity contribution in [2.45, 2.75) is 25.3 Å². The van der Waals surface area contributed by atoms with Crippen molar-refractivity contribution in [1.29, 1.82) is 0 Å². The maximum atomic E-state index is 12.0. The number of phenols is 1. The van der Waals surface area contributed by atoms with Gasteiger partial charge in [0.1, 0.15) is 5.75 Å². The minimum Gasteiger partial charge on any atom is -0.508 e. The first-order valence-electron chi connectivity index (χ1n) is 5.81. The first-order valence-corrected chi connectivity index (χ1v) is 5.81. The van der Waals surface area contributed by atoms with Crippen LogP contribution < -0.4 is 11.5 Å². The van der Waals surface area contributed by atoms with Crippen molar-refractivity contribution in [2.75, 3.05) is 6.54 Å². The Hall–Kier alpha value is -1.72. The quantitative estimate of drug-likeness (QED) is 0.481. The van der Waals surface area contributed by atoms with Gasteiger partial charge in [0.05, 0.1) is 6.04 Å². The van der Waals surface area contributed by atoms with Crippen LogP contribution in [-0.4, -0.2) is 29.8 Å². The lowest BCUT2D eigenvalue weighted by Gasteiger charge is -2.11. The average molecular weight is 249 g/mol. The summed E-state index contributed by atoms with van der Waals surface area (Å²) in [6, 6.07) is 3.23. The summed E-state index contributed by atoms with van der Waals surface area (Å²) in [6.45, 7) is 0.556. The van der Waals surface area contributed by atoms with Gasteiger partial charge in [-0.05, 0) is 37.6 Å². The SMILES string of the molecule is NCCCC[C@H](N)C(=O)c1cc(O)ccc1[C]=O. The molecule has 0 saturated heterocycles. The summed E-state index contributed by atoms with van der Waals surface area (Å²) in [7, 11) is 0. The van der Waals surface area contributed by atoms with Crippen molar-refractivity contribution in [3.8, 4) is 5.75 Å². The van der Waals surface area contributed by atoms with E-state index >= 15 is 0 Å². The van der Waals surface area contributed by atoms with Gasteiger partial charge in [-0.25, -0.2) is 0 Å². The van der Waals surface area contributed by atoms with Crippen molar-refractivity contribution in [2.24, 2.45) is 11.5 Å². The molecule has 97 valence electrons. The van der Waals surface area contributed by atoms with E-state index in [2.05, 4.69) is 0 Å². The van der Waals surface area contributed by atoms with Gasteiger partial charge in [0.2, 0.25) is 6.29 Å². The monoisotopic (exact) mass is 249 g/mol. The van der Waals surface area contributed by atoms with E-state index in [1.807, 2.05) is 0 Å². The summed E-state index contributed by atoms with van der Waals surface area (Å²) in [4.78, 5) is 22.7. The van der Waals surface area contributed by atoms with Crippen molar-refractivity contribution in [3.05, 3.63) is 29.3 Å². The van der Waals surface area contributed by atoms with Gasteiger partial charge in [-0.1, -0.05) is 6.42 Å². The normalized spacial score (nSPS) is 12.1. The van der Waals surface area contributed by atoms with E-state index in [1.165, 1.54) is 18.2 Å². The Morgan fingerprint density at radius 1 is 1.39 bits per heavy atom. The van der Waals surface area contributed by atoms with Gasteiger partial charge in [-0.2, -0.15) is 0 Å². The van der Waals surface area contributed by atoms with Gasteiger partial charge in [0.15, 0.2) is 5.78 Å². The van der Waals surface area contributed by atoms with Crippen LogP contribution in [0.4, 0.5) is 0 Å². The highest BCUT2D eigenvalue weighted by molar-refractivity contribution is 6.05. The van der Waals surface area contributed by atoms with E-state index in [0.29, 0.717) is 13.0 Å². The van der Waals surface area contributed by atoms with Crippen LogP contribution in [0.2, 0.25) is 0 Å². The first-order chi connectivity index (χ1) is 8.60. The maximum Gasteiger partial charge on any atom is 0.234 e. The number of aromatic hydroxyl groups is 1. The molecule has 18 heavy (non-hydrogen) atoms. The predicted octanol–water partition coefficient (Wildman–Crippen LogP) is 0.489. The summed E-state index contributed by atoms with van der Waals surface area (Å²) < 4.78 is 0. The zero-order valence-electron chi connectivity index (χ0n) is 10.1. The van der Waals surface area contributed by atoms with Crippen molar-refractivity contribution < 1.29 is 14.7 Å². The van der Waals surface area contributed by atoms with Crippen LogP contribution >= 0.6 is 0 Å². The predicted molar refractivity (Wildman–Crippen MR) is 68.1 cm³/mol. The summed E-state index contributed by atoms with van der Waals surface area (Å²) >= 11 is 0. The molecule has 5 N–H and O–H groups in total. The molecule has 0 saturated carbocycles. The van der Waals surface area contributed by atoms with E-state index in [1.54, 1.807) is 6.29 Å². The summed E-state index contributed by atoms with van der Waals surface area (Å²) in [5.41, 5.74) is 11.4. The fourth-order valence-corrected chi connectivity index (χ4v) is 1.66. The number of rotatable bonds is 7. The smallest absolute Gasteiger partial charge is 0.234 e. The van der Waals surface area contributed by atoms with Crippen molar-refractivity contribution >= 4 is 12.1 Å². The van der Waals surface area contributed by atoms with Gasteiger partial charge in [0.25, 0.3) is 0 Å². The average Bonchev–Trinajstić information content (AvgIpc) is 2.38. The largest absolute Gasteiger partial charge is 0.508 e. The second-order valence-corrected chi connectivity index (χ2v) is 4.09. The number of hydrogen-bond acceptors (Lipinski definition) is 5. The third-order valence-corrected chi connectivity index (χ3v) is 2.68. The fraction of sp³-hybridized carbons (Fsp3) is 0.385. The van der Waals surface area contributed by atoms with E-state index in [9.17, 15) is 14.7 Å². The minimum absolute atomic E-state index is 0.0773. The third-order valence-electron chi connectivity index (χ3n) is 2.68. The molecule has 1 rings (SSSR count). The van der Waals surface area contributed by atoms with E-state index in [0.717, 1.165) is 12.8 Å². The number of phenolic OH excluding ortho intramolecular Hbond substituents is 1. The van der Waals surface area contributed by atoms with E-state index < -0.39 is 6.04 Å². The van der Waals surface area contributed by atoms with Crippen LogP contribution in [0.15, 0.2) is 18.2 Å². The molecule has 1 aromatic carbocycles. The Morgan fingerprint density at radius 3 is 2.72 bits per heavy atom. The van der Waals surface area contributed by atoms with Crippen LogP contribution in [0, 0.1) is 0 Å². The Morgan fingerprint density at radius 2 is 2.11 bits per heavy atom. The highest BCUT2D eigenvalue weighted by Crippen LogP contribution is 2.17. The molecule has 0 spiro atoms. The number of unbranched alkanes of at least 4 members (excludes halogenated alkanes) is 1. The first kappa shape index (κ1) is 14.3.